The van der Waals surface area contributed by atoms with Crippen LogP contribution in [-0.2, 0) is 16.0 Å². The first-order chi connectivity index (χ1) is 15.4. The molecule has 32 heavy (non-hydrogen) atoms. The quantitative estimate of drug-likeness (QED) is 0.515. The molecule has 3 aromatic rings. The van der Waals surface area contributed by atoms with E-state index in [1.54, 1.807) is 43.5 Å². The standard InChI is InChI=1S/C24H26N2O6/c1-4-6-16-11-24(29)32-21-13-19(9-10-20(16)21)31-15-23(28)26(2)14-22(27)25-17-7-5-8-18(12-17)30-3/h5,7-13H,4,6,14-15H2,1-3H3,(H,25,27). The maximum atomic E-state index is 12.4. The summed E-state index contributed by atoms with van der Waals surface area (Å²) in [5.41, 5.74) is 1.49. The number of ether oxygens (including phenoxy) is 2. The van der Waals surface area contributed by atoms with Crippen molar-refractivity contribution in [2.45, 2.75) is 19.8 Å². The Hall–Kier alpha value is -3.81. The monoisotopic (exact) mass is 438 g/mol. The third-order valence-corrected chi connectivity index (χ3v) is 4.84. The molecule has 0 unspecified atom stereocenters. The number of likely N-dealkylation sites (N-methyl/N-ethyl adjacent to an activating group) is 1. The van der Waals surface area contributed by atoms with Gasteiger partial charge in [0.2, 0.25) is 5.91 Å². The van der Waals surface area contributed by atoms with Gasteiger partial charge in [-0.3, -0.25) is 9.59 Å². The Morgan fingerprint density at radius 2 is 1.91 bits per heavy atom. The van der Waals surface area contributed by atoms with Crippen molar-refractivity contribution in [1.82, 2.24) is 4.90 Å². The molecule has 1 heterocycles. The Morgan fingerprint density at radius 3 is 2.66 bits per heavy atom. The van der Waals surface area contributed by atoms with E-state index in [-0.39, 0.29) is 25.0 Å². The van der Waals surface area contributed by atoms with Gasteiger partial charge in [-0.15, -0.1) is 0 Å². The van der Waals surface area contributed by atoms with Crippen molar-refractivity contribution in [3.05, 3.63) is 64.5 Å². The van der Waals surface area contributed by atoms with Crippen LogP contribution in [-0.4, -0.2) is 44.0 Å². The molecule has 0 radical (unpaired) electrons. The minimum atomic E-state index is -0.420. The molecule has 0 aliphatic rings. The number of aryl methyl sites for hydroxylation is 1. The van der Waals surface area contributed by atoms with Crippen LogP contribution in [0.1, 0.15) is 18.9 Å². The first kappa shape index (κ1) is 22.9. The molecule has 0 saturated carbocycles. The van der Waals surface area contributed by atoms with Crippen molar-refractivity contribution in [3.8, 4) is 11.5 Å². The van der Waals surface area contributed by atoms with E-state index in [1.165, 1.54) is 18.0 Å². The number of amides is 2. The fourth-order valence-corrected chi connectivity index (χ4v) is 3.24. The van der Waals surface area contributed by atoms with Gasteiger partial charge in [-0.05, 0) is 36.2 Å². The van der Waals surface area contributed by atoms with Gasteiger partial charge in [0, 0.05) is 36.3 Å². The molecule has 3 rings (SSSR count). The van der Waals surface area contributed by atoms with Crippen molar-refractivity contribution in [3.63, 3.8) is 0 Å². The highest BCUT2D eigenvalue weighted by molar-refractivity contribution is 5.94. The smallest absolute Gasteiger partial charge is 0.336 e. The third-order valence-electron chi connectivity index (χ3n) is 4.84. The highest BCUT2D eigenvalue weighted by atomic mass is 16.5. The van der Waals surface area contributed by atoms with Gasteiger partial charge >= 0.3 is 5.63 Å². The Morgan fingerprint density at radius 1 is 1.09 bits per heavy atom. The molecule has 0 aliphatic carbocycles. The van der Waals surface area contributed by atoms with Crippen molar-refractivity contribution in [1.29, 1.82) is 0 Å². The fraction of sp³-hybridized carbons (Fsp3) is 0.292. The molecule has 0 saturated heterocycles. The highest BCUT2D eigenvalue weighted by Crippen LogP contribution is 2.23. The van der Waals surface area contributed by atoms with Gasteiger partial charge in [-0.1, -0.05) is 19.4 Å². The van der Waals surface area contributed by atoms with Gasteiger partial charge in [-0.25, -0.2) is 4.79 Å². The van der Waals surface area contributed by atoms with E-state index in [0.29, 0.717) is 22.8 Å². The number of anilines is 1. The number of hydrogen-bond acceptors (Lipinski definition) is 6. The summed E-state index contributed by atoms with van der Waals surface area (Å²) in [6, 6.07) is 13.6. The van der Waals surface area contributed by atoms with Gasteiger partial charge in [0.1, 0.15) is 17.1 Å². The molecule has 168 valence electrons. The summed E-state index contributed by atoms with van der Waals surface area (Å²) in [4.78, 5) is 37.7. The molecule has 2 amide bonds. The van der Waals surface area contributed by atoms with E-state index in [9.17, 15) is 14.4 Å². The first-order valence-corrected chi connectivity index (χ1v) is 10.3. The Balaban J connectivity index is 1.57. The molecular formula is C24H26N2O6. The minimum Gasteiger partial charge on any atom is -0.497 e. The summed E-state index contributed by atoms with van der Waals surface area (Å²) in [5, 5.41) is 3.57. The number of carbonyl (C=O) groups is 2. The second-order valence-corrected chi connectivity index (χ2v) is 7.32. The van der Waals surface area contributed by atoms with Gasteiger partial charge in [0.25, 0.3) is 5.91 Å². The molecule has 0 spiro atoms. The minimum absolute atomic E-state index is 0.133. The Bertz CT molecular complexity index is 1170. The average molecular weight is 438 g/mol. The summed E-state index contributed by atoms with van der Waals surface area (Å²) in [7, 11) is 3.06. The summed E-state index contributed by atoms with van der Waals surface area (Å²) < 4.78 is 16.0. The van der Waals surface area contributed by atoms with E-state index >= 15 is 0 Å². The van der Waals surface area contributed by atoms with Crippen molar-refractivity contribution < 1.29 is 23.5 Å². The predicted molar refractivity (Wildman–Crippen MR) is 121 cm³/mol. The molecule has 0 fully saturated rings. The van der Waals surface area contributed by atoms with E-state index < -0.39 is 5.63 Å². The third kappa shape index (κ3) is 5.87. The molecule has 1 aromatic heterocycles. The zero-order valence-corrected chi connectivity index (χ0v) is 18.3. The number of nitrogens with one attached hydrogen (secondary N) is 1. The Kier molecular flexibility index (Phi) is 7.49. The highest BCUT2D eigenvalue weighted by Gasteiger charge is 2.15. The zero-order chi connectivity index (χ0) is 23.1. The lowest BCUT2D eigenvalue weighted by atomic mass is 10.1. The number of nitrogens with zero attached hydrogens (tertiary/aromatic N) is 1. The number of hydrogen-bond donors (Lipinski definition) is 1. The van der Waals surface area contributed by atoms with Crippen molar-refractivity contribution in [2.75, 3.05) is 32.6 Å². The normalized spacial score (nSPS) is 10.6. The summed E-state index contributed by atoms with van der Waals surface area (Å²) in [6.45, 7) is 1.65. The molecule has 1 N–H and O–H groups in total. The average Bonchev–Trinajstić information content (AvgIpc) is 2.77. The molecule has 0 atom stereocenters. The Labute approximate surface area is 185 Å². The molecule has 0 aliphatic heterocycles. The second-order valence-electron chi connectivity index (χ2n) is 7.32. The first-order valence-electron chi connectivity index (χ1n) is 10.3. The lowest BCUT2D eigenvalue weighted by Crippen LogP contribution is -2.37. The summed E-state index contributed by atoms with van der Waals surface area (Å²) >= 11 is 0. The number of rotatable bonds is 9. The largest absolute Gasteiger partial charge is 0.497 e. The fourth-order valence-electron chi connectivity index (χ4n) is 3.24. The molecular weight excluding hydrogens is 412 g/mol. The summed E-state index contributed by atoms with van der Waals surface area (Å²) in [5.74, 6) is 0.308. The van der Waals surface area contributed by atoms with Crippen LogP contribution in [0.15, 0.2) is 57.7 Å². The van der Waals surface area contributed by atoms with E-state index in [2.05, 4.69) is 5.32 Å². The van der Waals surface area contributed by atoms with Crippen LogP contribution in [0.3, 0.4) is 0 Å². The maximum Gasteiger partial charge on any atom is 0.336 e. The van der Waals surface area contributed by atoms with E-state index in [1.807, 2.05) is 13.0 Å². The molecule has 0 bridgehead atoms. The molecule has 8 heteroatoms. The number of carbonyl (C=O) groups excluding carboxylic acids is 2. The number of benzene rings is 2. The molecule has 8 nitrogen and oxygen atoms in total. The summed E-state index contributed by atoms with van der Waals surface area (Å²) in [6.07, 6.45) is 1.67. The molecule has 2 aromatic carbocycles. The van der Waals surface area contributed by atoms with Crippen LogP contribution in [0.2, 0.25) is 0 Å². The van der Waals surface area contributed by atoms with E-state index in [4.69, 9.17) is 13.9 Å². The topological polar surface area (TPSA) is 98.1 Å². The predicted octanol–water partition coefficient (Wildman–Crippen LogP) is 3.23. The van der Waals surface area contributed by atoms with Crippen LogP contribution >= 0.6 is 0 Å². The van der Waals surface area contributed by atoms with Crippen molar-refractivity contribution in [2.24, 2.45) is 0 Å². The van der Waals surface area contributed by atoms with Crippen LogP contribution < -0.4 is 20.4 Å². The van der Waals surface area contributed by atoms with Crippen LogP contribution in [0.4, 0.5) is 5.69 Å². The van der Waals surface area contributed by atoms with E-state index in [0.717, 1.165) is 23.8 Å². The van der Waals surface area contributed by atoms with Crippen LogP contribution in [0.5, 0.6) is 11.5 Å². The lowest BCUT2D eigenvalue weighted by Gasteiger charge is -2.17. The maximum absolute atomic E-state index is 12.4. The SMILES string of the molecule is CCCc1cc(=O)oc2cc(OCC(=O)N(C)CC(=O)Nc3cccc(OC)c3)ccc12. The van der Waals surface area contributed by atoms with Gasteiger partial charge in [0.05, 0.1) is 13.7 Å². The lowest BCUT2D eigenvalue weighted by molar-refractivity contribution is -0.135. The van der Waals surface area contributed by atoms with Crippen LogP contribution in [0, 0.1) is 0 Å². The van der Waals surface area contributed by atoms with Gasteiger partial charge in [-0.2, -0.15) is 0 Å². The number of fused-ring (bicyclic) bond motifs is 1. The van der Waals surface area contributed by atoms with Crippen molar-refractivity contribution >= 4 is 28.5 Å². The van der Waals surface area contributed by atoms with Crippen LogP contribution in [0.25, 0.3) is 11.0 Å². The van der Waals surface area contributed by atoms with Gasteiger partial charge < -0.3 is 24.1 Å². The zero-order valence-electron chi connectivity index (χ0n) is 18.3. The second kappa shape index (κ2) is 10.5. The van der Waals surface area contributed by atoms with Gasteiger partial charge in [0.15, 0.2) is 6.61 Å². The number of methoxy groups -OCH3 is 1.